The van der Waals surface area contributed by atoms with E-state index in [-0.39, 0.29) is 17.3 Å². The Kier molecular flexibility index (Phi) is 4.20. The molecule has 0 aromatic carbocycles. The van der Waals surface area contributed by atoms with Crippen LogP contribution in [0.5, 0.6) is 0 Å². The molecule has 0 aromatic rings. The molecule has 4 heteroatoms. The first-order valence-corrected chi connectivity index (χ1v) is 6.25. The molecule has 1 aliphatic rings. The normalized spacial score (nSPS) is 20.2. The molecule has 0 bridgehead atoms. The number of hydrogen-bond donors (Lipinski definition) is 1. The minimum Gasteiger partial charge on any atom is -0.468 e. The van der Waals surface area contributed by atoms with Gasteiger partial charge in [0.05, 0.1) is 7.11 Å². The Balaban J connectivity index is 2.64. The number of nitrogens with zero attached hydrogens (tertiary/aromatic N) is 1. The summed E-state index contributed by atoms with van der Waals surface area (Å²) < 4.78 is 4.86. The molecule has 0 aromatic heterocycles. The van der Waals surface area contributed by atoms with Gasteiger partial charge in [-0.25, -0.2) is 0 Å². The lowest BCUT2D eigenvalue weighted by molar-refractivity contribution is -0.148. The molecule has 1 fully saturated rings. The maximum atomic E-state index is 11.8. The molecule has 1 atom stereocenters. The van der Waals surface area contributed by atoms with Gasteiger partial charge in [-0.15, -0.1) is 0 Å². The van der Waals surface area contributed by atoms with E-state index in [2.05, 4.69) is 25.7 Å². The topological polar surface area (TPSA) is 55.6 Å². The third kappa shape index (κ3) is 3.96. The van der Waals surface area contributed by atoms with Gasteiger partial charge < -0.3 is 15.4 Å². The highest BCUT2D eigenvalue weighted by atomic mass is 16.5. The summed E-state index contributed by atoms with van der Waals surface area (Å²) >= 11 is 0. The van der Waals surface area contributed by atoms with Crippen LogP contribution in [0.2, 0.25) is 0 Å². The summed E-state index contributed by atoms with van der Waals surface area (Å²) in [7, 11) is 3.42. The smallest absolute Gasteiger partial charge is 0.327 e. The standard InChI is InChI=1S/C13H26N2O2/c1-12(2,3)8-15(4)9-13(14,10-6-7-10)11(16)17-5/h10H,6-9,14H2,1-5H3. The predicted molar refractivity (Wildman–Crippen MR) is 68.6 cm³/mol. The Morgan fingerprint density at radius 3 is 2.24 bits per heavy atom. The van der Waals surface area contributed by atoms with Gasteiger partial charge >= 0.3 is 5.97 Å². The molecule has 4 nitrogen and oxygen atoms in total. The molecule has 0 heterocycles. The fourth-order valence-electron chi connectivity index (χ4n) is 2.46. The van der Waals surface area contributed by atoms with Gasteiger partial charge in [-0.2, -0.15) is 0 Å². The summed E-state index contributed by atoms with van der Waals surface area (Å²) in [5.74, 6) is 0.0122. The van der Waals surface area contributed by atoms with Gasteiger partial charge in [0.2, 0.25) is 0 Å². The first kappa shape index (κ1) is 14.5. The Bertz CT molecular complexity index is 282. The van der Waals surface area contributed by atoms with E-state index in [0.717, 1.165) is 19.4 Å². The molecular weight excluding hydrogens is 216 g/mol. The highest BCUT2D eigenvalue weighted by molar-refractivity contribution is 5.81. The van der Waals surface area contributed by atoms with E-state index in [1.807, 2.05) is 7.05 Å². The van der Waals surface area contributed by atoms with Crippen LogP contribution in [0.1, 0.15) is 33.6 Å². The molecular formula is C13H26N2O2. The van der Waals surface area contributed by atoms with Gasteiger partial charge in [0, 0.05) is 13.1 Å². The van der Waals surface area contributed by atoms with Crippen molar-refractivity contribution >= 4 is 5.97 Å². The maximum Gasteiger partial charge on any atom is 0.327 e. The predicted octanol–water partition coefficient (Wildman–Crippen LogP) is 1.24. The van der Waals surface area contributed by atoms with E-state index in [9.17, 15) is 4.79 Å². The quantitative estimate of drug-likeness (QED) is 0.737. The van der Waals surface area contributed by atoms with E-state index in [0.29, 0.717) is 6.54 Å². The van der Waals surface area contributed by atoms with Crippen LogP contribution in [-0.4, -0.2) is 43.7 Å². The molecule has 0 amide bonds. The van der Waals surface area contributed by atoms with Crippen molar-refractivity contribution in [2.45, 2.75) is 39.2 Å². The third-order valence-electron chi connectivity index (χ3n) is 3.15. The number of hydrogen-bond acceptors (Lipinski definition) is 4. The second-order valence-electron chi connectivity index (χ2n) is 6.54. The number of ether oxygens (including phenoxy) is 1. The zero-order chi connectivity index (χ0) is 13.3. The van der Waals surface area contributed by atoms with Gasteiger partial charge in [0.15, 0.2) is 0 Å². The zero-order valence-corrected chi connectivity index (χ0v) is 11.7. The number of rotatable bonds is 5. The summed E-state index contributed by atoms with van der Waals surface area (Å²) in [6.45, 7) is 8.02. The number of likely N-dealkylation sites (N-methyl/N-ethyl adjacent to an activating group) is 1. The minimum atomic E-state index is -0.825. The molecule has 1 aliphatic carbocycles. The SMILES string of the molecule is COC(=O)C(N)(CN(C)CC(C)(C)C)C1CC1. The molecule has 0 radical (unpaired) electrons. The minimum absolute atomic E-state index is 0.204. The van der Waals surface area contributed by atoms with Crippen LogP contribution in [0.15, 0.2) is 0 Å². The Labute approximate surface area is 104 Å². The van der Waals surface area contributed by atoms with Crippen molar-refractivity contribution in [1.82, 2.24) is 4.90 Å². The first-order valence-electron chi connectivity index (χ1n) is 6.25. The molecule has 2 N–H and O–H groups in total. The number of carbonyl (C=O) groups is 1. The number of methoxy groups -OCH3 is 1. The molecule has 0 aliphatic heterocycles. The summed E-state index contributed by atoms with van der Waals surface area (Å²) in [6, 6.07) is 0. The average Bonchev–Trinajstić information content (AvgIpc) is 2.95. The number of esters is 1. The summed E-state index contributed by atoms with van der Waals surface area (Å²) in [5, 5.41) is 0. The second-order valence-corrected chi connectivity index (χ2v) is 6.54. The van der Waals surface area contributed by atoms with Crippen LogP contribution in [0, 0.1) is 11.3 Å². The van der Waals surface area contributed by atoms with Crippen LogP contribution >= 0.6 is 0 Å². The number of nitrogens with two attached hydrogens (primary N) is 1. The van der Waals surface area contributed by atoms with Crippen LogP contribution in [0.4, 0.5) is 0 Å². The Hall–Kier alpha value is -0.610. The fraction of sp³-hybridized carbons (Fsp3) is 0.923. The van der Waals surface area contributed by atoms with Crippen molar-refractivity contribution < 1.29 is 9.53 Å². The highest BCUT2D eigenvalue weighted by Gasteiger charge is 2.49. The lowest BCUT2D eigenvalue weighted by Crippen LogP contribution is -2.58. The molecule has 1 saturated carbocycles. The van der Waals surface area contributed by atoms with E-state index in [4.69, 9.17) is 10.5 Å². The van der Waals surface area contributed by atoms with Crippen molar-refractivity contribution in [1.29, 1.82) is 0 Å². The first-order chi connectivity index (χ1) is 7.69. The van der Waals surface area contributed by atoms with Crippen LogP contribution in [-0.2, 0) is 9.53 Å². The average molecular weight is 242 g/mol. The Morgan fingerprint density at radius 2 is 1.88 bits per heavy atom. The summed E-state index contributed by atoms with van der Waals surface area (Å²) in [5.41, 5.74) is 5.64. The third-order valence-corrected chi connectivity index (χ3v) is 3.15. The Morgan fingerprint density at radius 1 is 1.35 bits per heavy atom. The monoisotopic (exact) mass is 242 g/mol. The largest absolute Gasteiger partial charge is 0.468 e. The van der Waals surface area contributed by atoms with E-state index in [1.54, 1.807) is 0 Å². The highest BCUT2D eigenvalue weighted by Crippen LogP contribution is 2.39. The van der Waals surface area contributed by atoms with Crippen molar-refractivity contribution in [3.05, 3.63) is 0 Å². The van der Waals surface area contributed by atoms with E-state index in [1.165, 1.54) is 7.11 Å². The summed E-state index contributed by atoms with van der Waals surface area (Å²) in [6.07, 6.45) is 2.07. The summed E-state index contributed by atoms with van der Waals surface area (Å²) in [4.78, 5) is 14.0. The molecule has 1 rings (SSSR count). The van der Waals surface area contributed by atoms with E-state index >= 15 is 0 Å². The maximum absolute atomic E-state index is 11.8. The van der Waals surface area contributed by atoms with Gasteiger partial charge in [-0.05, 0) is 31.2 Å². The molecule has 1 unspecified atom stereocenters. The van der Waals surface area contributed by atoms with Crippen molar-refractivity contribution in [2.24, 2.45) is 17.1 Å². The number of carbonyl (C=O) groups excluding carboxylic acids is 1. The van der Waals surface area contributed by atoms with Gasteiger partial charge in [0.1, 0.15) is 5.54 Å². The van der Waals surface area contributed by atoms with Crippen molar-refractivity contribution in [2.75, 3.05) is 27.2 Å². The van der Waals surface area contributed by atoms with Crippen molar-refractivity contribution in [3.8, 4) is 0 Å². The van der Waals surface area contributed by atoms with Crippen LogP contribution in [0.25, 0.3) is 0 Å². The second kappa shape index (κ2) is 4.94. The lowest BCUT2D eigenvalue weighted by atomic mass is 9.91. The van der Waals surface area contributed by atoms with Crippen LogP contribution < -0.4 is 5.73 Å². The van der Waals surface area contributed by atoms with Gasteiger partial charge in [-0.1, -0.05) is 20.8 Å². The zero-order valence-electron chi connectivity index (χ0n) is 11.7. The van der Waals surface area contributed by atoms with Gasteiger partial charge in [-0.3, -0.25) is 4.79 Å². The van der Waals surface area contributed by atoms with Crippen molar-refractivity contribution in [3.63, 3.8) is 0 Å². The van der Waals surface area contributed by atoms with Crippen LogP contribution in [0.3, 0.4) is 0 Å². The molecule has 17 heavy (non-hydrogen) atoms. The molecule has 0 spiro atoms. The van der Waals surface area contributed by atoms with E-state index < -0.39 is 5.54 Å². The molecule has 100 valence electrons. The lowest BCUT2D eigenvalue weighted by Gasteiger charge is -2.34. The van der Waals surface area contributed by atoms with Gasteiger partial charge in [0.25, 0.3) is 0 Å². The molecule has 0 saturated heterocycles. The fourth-order valence-corrected chi connectivity index (χ4v) is 2.46.